The third-order valence-corrected chi connectivity index (χ3v) is 3.32. The molecule has 102 valence electrons. The lowest BCUT2D eigenvalue weighted by Crippen LogP contribution is -2.41. The molecule has 0 aliphatic carbocycles. The van der Waals surface area contributed by atoms with Crippen LogP contribution < -0.4 is 10.6 Å². The van der Waals surface area contributed by atoms with E-state index >= 15 is 0 Å². The number of benzene rings is 2. The number of nitriles is 1. The first-order chi connectivity index (χ1) is 9.74. The molecule has 1 atom stereocenters. The Labute approximate surface area is 120 Å². The SMILES string of the molecule is CCC(N)N(Cc1ccccc1)c1cccc(C#N)c1. The maximum Gasteiger partial charge on any atom is 0.0992 e. The second-order valence-corrected chi connectivity index (χ2v) is 4.75. The first-order valence-electron chi connectivity index (χ1n) is 6.81. The summed E-state index contributed by atoms with van der Waals surface area (Å²) in [5, 5.41) is 9.03. The standard InChI is InChI=1S/C17H19N3/c1-2-17(19)20(13-14-7-4-3-5-8-14)16-10-6-9-15(11-16)12-18/h3-11,17H,2,13,19H2,1H3. The summed E-state index contributed by atoms with van der Waals surface area (Å²) < 4.78 is 0. The van der Waals surface area contributed by atoms with Crippen LogP contribution in [0.25, 0.3) is 0 Å². The van der Waals surface area contributed by atoms with E-state index in [0.717, 1.165) is 18.7 Å². The summed E-state index contributed by atoms with van der Waals surface area (Å²) in [5.41, 5.74) is 9.08. The Kier molecular flexibility index (Phi) is 4.75. The summed E-state index contributed by atoms with van der Waals surface area (Å²) in [5.74, 6) is 0. The highest BCUT2D eigenvalue weighted by Gasteiger charge is 2.14. The van der Waals surface area contributed by atoms with E-state index in [2.05, 4.69) is 30.0 Å². The van der Waals surface area contributed by atoms with Gasteiger partial charge in [0.05, 0.1) is 17.8 Å². The summed E-state index contributed by atoms with van der Waals surface area (Å²) >= 11 is 0. The number of rotatable bonds is 5. The summed E-state index contributed by atoms with van der Waals surface area (Å²) in [4.78, 5) is 2.14. The van der Waals surface area contributed by atoms with Gasteiger partial charge in [-0.3, -0.25) is 0 Å². The predicted molar refractivity (Wildman–Crippen MR) is 82.0 cm³/mol. The molecule has 20 heavy (non-hydrogen) atoms. The minimum Gasteiger partial charge on any atom is -0.352 e. The summed E-state index contributed by atoms with van der Waals surface area (Å²) in [6.07, 6.45) is 0.785. The number of nitrogens with two attached hydrogens (primary N) is 1. The molecule has 0 spiro atoms. The maximum absolute atomic E-state index is 9.03. The molecule has 0 saturated carbocycles. The molecule has 2 rings (SSSR count). The third-order valence-electron chi connectivity index (χ3n) is 3.32. The zero-order chi connectivity index (χ0) is 14.4. The van der Waals surface area contributed by atoms with Gasteiger partial charge in [-0.15, -0.1) is 0 Å². The highest BCUT2D eigenvalue weighted by Crippen LogP contribution is 2.21. The van der Waals surface area contributed by atoms with Crippen LogP contribution in [0.1, 0.15) is 24.5 Å². The monoisotopic (exact) mass is 265 g/mol. The van der Waals surface area contributed by atoms with Gasteiger partial charge in [0.25, 0.3) is 0 Å². The second kappa shape index (κ2) is 6.74. The van der Waals surface area contributed by atoms with Crippen LogP contribution in [0.2, 0.25) is 0 Å². The Morgan fingerprint density at radius 2 is 1.90 bits per heavy atom. The van der Waals surface area contributed by atoms with Gasteiger partial charge >= 0.3 is 0 Å². The van der Waals surface area contributed by atoms with E-state index in [1.807, 2.05) is 42.5 Å². The van der Waals surface area contributed by atoms with Gasteiger partial charge in [-0.2, -0.15) is 5.26 Å². The van der Waals surface area contributed by atoms with Crippen molar-refractivity contribution in [1.29, 1.82) is 5.26 Å². The van der Waals surface area contributed by atoms with E-state index < -0.39 is 0 Å². The molecule has 3 heteroatoms. The third kappa shape index (κ3) is 3.37. The molecule has 0 fully saturated rings. The van der Waals surface area contributed by atoms with Crippen LogP contribution in [-0.2, 0) is 6.54 Å². The van der Waals surface area contributed by atoms with E-state index in [4.69, 9.17) is 11.0 Å². The number of hydrogen-bond acceptors (Lipinski definition) is 3. The van der Waals surface area contributed by atoms with E-state index in [1.54, 1.807) is 0 Å². The van der Waals surface area contributed by atoms with Crippen LogP contribution in [0.4, 0.5) is 5.69 Å². The first kappa shape index (κ1) is 14.1. The first-order valence-corrected chi connectivity index (χ1v) is 6.81. The predicted octanol–water partition coefficient (Wildman–Crippen LogP) is 3.26. The molecule has 3 nitrogen and oxygen atoms in total. The van der Waals surface area contributed by atoms with Crippen molar-refractivity contribution < 1.29 is 0 Å². The minimum atomic E-state index is -0.0656. The lowest BCUT2D eigenvalue weighted by Gasteiger charge is -2.30. The van der Waals surface area contributed by atoms with Gasteiger partial charge in [0.2, 0.25) is 0 Å². The van der Waals surface area contributed by atoms with Crippen molar-refractivity contribution in [3.63, 3.8) is 0 Å². The largest absolute Gasteiger partial charge is 0.352 e. The van der Waals surface area contributed by atoms with Crippen molar-refractivity contribution in [2.75, 3.05) is 4.90 Å². The van der Waals surface area contributed by atoms with Gasteiger partial charge in [0, 0.05) is 12.2 Å². The Morgan fingerprint density at radius 3 is 2.55 bits per heavy atom. The molecule has 0 amide bonds. The average molecular weight is 265 g/mol. The van der Waals surface area contributed by atoms with Crippen molar-refractivity contribution in [3.8, 4) is 6.07 Å². The van der Waals surface area contributed by atoms with E-state index in [0.29, 0.717) is 5.56 Å². The highest BCUT2D eigenvalue weighted by molar-refractivity contribution is 5.52. The molecule has 0 aliphatic rings. The lowest BCUT2D eigenvalue weighted by molar-refractivity contribution is 0.591. The molecular weight excluding hydrogens is 246 g/mol. The highest BCUT2D eigenvalue weighted by atomic mass is 15.2. The zero-order valence-corrected chi connectivity index (χ0v) is 11.7. The van der Waals surface area contributed by atoms with E-state index in [9.17, 15) is 0 Å². The van der Waals surface area contributed by atoms with Crippen molar-refractivity contribution >= 4 is 5.69 Å². The van der Waals surface area contributed by atoms with E-state index in [1.165, 1.54) is 5.56 Å². The molecule has 0 aromatic heterocycles. The van der Waals surface area contributed by atoms with Crippen molar-refractivity contribution in [2.45, 2.75) is 26.1 Å². The molecule has 2 aromatic carbocycles. The minimum absolute atomic E-state index is 0.0656. The molecule has 0 heterocycles. The number of hydrogen-bond donors (Lipinski definition) is 1. The number of anilines is 1. The van der Waals surface area contributed by atoms with Crippen LogP contribution >= 0.6 is 0 Å². The summed E-state index contributed by atoms with van der Waals surface area (Å²) in [7, 11) is 0. The molecule has 2 aromatic rings. The van der Waals surface area contributed by atoms with Crippen LogP contribution in [0.3, 0.4) is 0 Å². The molecule has 0 saturated heterocycles. The van der Waals surface area contributed by atoms with Gasteiger partial charge in [0.1, 0.15) is 0 Å². The topological polar surface area (TPSA) is 53.0 Å². The normalized spacial score (nSPS) is 11.7. The fourth-order valence-corrected chi connectivity index (χ4v) is 2.15. The van der Waals surface area contributed by atoms with Gasteiger partial charge in [-0.1, -0.05) is 43.3 Å². The van der Waals surface area contributed by atoms with Crippen LogP contribution in [-0.4, -0.2) is 6.17 Å². The average Bonchev–Trinajstić information content (AvgIpc) is 2.53. The quantitative estimate of drug-likeness (QED) is 0.844. The Bertz CT molecular complexity index is 587. The van der Waals surface area contributed by atoms with Gasteiger partial charge in [-0.05, 0) is 30.2 Å². The van der Waals surface area contributed by atoms with Gasteiger partial charge in [0.15, 0.2) is 0 Å². The summed E-state index contributed by atoms with van der Waals surface area (Å²) in [6, 6.07) is 20.0. The van der Waals surface area contributed by atoms with Crippen LogP contribution in [0.5, 0.6) is 0 Å². The van der Waals surface area contributed by atoms with E-state index in [-0.39, 0.29) is 6.17 Å². The van der Waals surface area contributed by atoms with Gasteiger partial charge in [-0.25, -0.2) is 0 Å². The molecule has 1 unspecified atom stereocenters. The Balaban J connectivity index is 2.30. The molecule has 0 bridgehead atoms. The molecule has 2 N–H and O–H groups in total. The van der Waals surface area contributed by atoms with Crippen molar-refractivity contribution in [2.24, 2.45) is 5.73 Å². The van der Waals surface area contributed by atoms with Crippen molar-refractivity contribution in [3.05, 3.63) is 65.7 Å². The summed E-state index contributed by atoms with van der Waals surface area (Å²) in [6.45, 7) is 2.81. The van der Waals surface area contributed by atoms with Crippen molar-refractivity contribution in [1.82, 2.24) is 0 Å². The maximum atomic E-state index is 9.03. The Morgan fingerprint density at radius 1 is 1.15 bits per heavy atom. The molecular formula is C17H19N3. The molecule has 0 aliphatic heterocycles. The zero-order valence-electron chi connectivity index (χ0n) is 11.7. The van der Waals surface area contributed by atoms with Crippen LogP contribution in [0, 0.1) is 11.3 Å². The Hall–Kier alpha value is -2.31. The lowest BCUT2D eigenvalue weighted by atomic mass is 10.1. The number of nitrogens with zero attached hydrogens (tertiary/aromatic N) is 2. The second-order valence-electron chi connectivity index (χ2n) is 4.75. The fourth-order valence-electron chi connectivity index (χ4n) is 2.15. The molecule has 0 radical (unpaired) electrons. The smallest absolute Gasteiger partial charge is 0.0992 e. The van der Waals surface area contributed by atoms with Crippen LogP contribution in [0.15, 0.2) is 54.6 Å². The van der Waals surface area contributed by atoms with Gasteiger partial charge < -0.3 is 10.6 Å². The fraction of sp³-hybridized carbons (Fsp3) is 0.235.